The quantitative estimate of drug-likeness (QED) is 0.832. The lowest BCUT2D eigenvalue weighted by Crippen LogP contribution is -2.25. The third kappa shape index (κ3) is 3.23. The molecule has 1 aliphatic rings. The van der Waals surface area contributed by atoms with Crippen molar-refractivity contribution in [1.82, 2.24) is 0 Å². The van der Waals surface area contributed by atoms with Gasteiger partial charge in [0, 0.05) is 23.4 Å². The number of nitrogen functional groups attached to an aromatic ring is 1. The van der Waals surface area contributed by atoms with Gasteiger partial charge in [-0.2, -0.15) is 11.8 Å². The van der Waals surface area contributed by atoms with Crippen molar-refractivity contribution in [2.75, 3.05) is 30.0 Å². The molecule has 1 heterocycles. The Morgan fingerprint density at radius 1 is 1.35 bits per heavy atom. The van der Waals surface area contributed by atoms with Crippen molar-refractivity contribution < 1.29 is 0 Å². The second-order valence-electron chi connectivity index (χ2n) is 4.48. The predicted molar refractivity (Wildman–Crippen MR) is 79.2 cm³/mol. The normalized spacial score (nSPS) is 21.3. The standard InChI is InChI=1S/C13H19ClN2S/c1-17-11-3-2-7-16(8-6-11)13-5-4-10(14)9-12(13)15/h4-5,9,11H,2-3,6-8,15H2,1H3. The Morgan fingerprint density at radius 3 is 2.88 bits per heavy atom. The van der Waals surface area contributed by atoms with Crippen LogP contribution in [0, 0.1) is 0 Å². The van der Waals surface area contributed by atoms with Crippen LogP contribution in [0.15, 0.2) is 18.2 Å². The molecule has 2 nitrogen and oxygen atoms in total. The lowest BCUT2D eigenvalue weighted by molar-refractivity contribution is 0.745. The third-order valence-electron chi connectivity index (χ3n) is 3.34. The number of nitrogens with zero attached hydrogens (tertiary/aromatic N) is 1. The molecule has 17 heavy (non-hydrogen) atoms. The smallest absolute Gasteiger partial charge is 0.0600 e. The minimum Gasteiger partial charge on any atom is -0.397 e. The van der Waals surface area contributed by atoms with Crippen molar-refractivity contribution in [2.45, 2.75) is 24.5 Å². The van der Waals surface area contributed by atoms with E-state index in [1.165, 1.54) is 19.3 Å². The van der Waals surface area contributed by atoms with E-state index in [0.29, 0.717) is 5.02 Å². The minimum atomic E-state index is 0.711. The number of anilines is 2. The third-order valence-corrected chi connectivity index (χ3v) is 4.71. The topological polar surface area (TPSA) is 29.3 Å². The van der Waals surface area contributed by atoms with E-state index >= 15 is 0 Å². The zero-order chi connectivity index (χ0) is 12.3. The SMILES string of the molecule is CSC1CCCN(c2ccc(Cl)cc2N)CC1. The van der Waals surface area contributed by atoms with Gasteiger partial charge in [-0.15, -0.1) is 0 Å². The van der Waals surface area contributed by atoms with E-state index in [9.17, 15) is 0 Å². The monoisotopic (exact) mass is 270 g/mol. The molecule has 1 saturated heterocycles. The van der Waals surface area contributed by atoms with Gasteiger partial charge in [0.05, 0.1) is 11.4 Å². The van der Waals surface area contributed by atoms with E-state index in [4.69, 9.17) is 17.3 Å². The summed E-state index contributed by atoms with van der Waals surface area (Å²) in [4.78, 5) is 2.39. The summed E-state index contributed by atoms with van der Waals surface area (Å²) in [6.45, 7) is 2.19. The molecule has 1 aliphatic heterocycles. The number of nitrogens with two attached hydrogens (primary N) is 1. The summed E-state index contributed by atoms with van der Waals surface area (Å²) in [7, 11) is 0. The summed E-state index contributed by atoms with van der Waals surface area (Å²) in [5, 5.41) is 1.51. The van der Waals surface area contributed by atoms with E-state index in [1.807, 2.05) is 30.0 Å². The van der Waals surface area contributed by atoms with Crippen LogP contribution in [-0.4, -0.2) is 24.6 Å². The van der Waals surface area contributed by atoms with Crippen LogP contribution in [0.2, 0.25) is 5.02 Å². The molecule has 4 heteroatoms. The molecule has 0 spiro atoms. The van der Waals surface area contributed by atoms with E-state index in [-0.39, 0.29) is 0 Å². The highest BCUT2D eigenvalue weighted by atomic mass is 35.5. The molecular formula is C13H19ClN2S. The lowest BCUT2D eigenvalue weighted by atomic mass is 10.2. The van der Waals surface area contributed by atoms with Gasteiger partial charge in [0.15, 0.2) is 0 Å². The Labute approximate surface area is 113 Å². The van der Waals surface area contributed by atoms with E-state index in [0.717, 1.165) is 29.7 Å². The van der Waals surface area contributed by atoms with Crippen molar-refractivity contribution in [3.05, 3.63) is 23.2 Å². The molecule has 0 bridgehead atoms. The number of hydrogen-bond acceptors (Lipinski definition) is 3. The summed E-state index contributed by atoms with van der Waals surface area (Å²) in [5.41, 5.74) is 7.97. The maximum atomic E-state index is 6.04. The van der Waals surface area contributed by atoms with Crippen LogP contribution in [0.25, 0.3) is 0 Å². The Bertz CT molecular complexity index is 384. The first-order valence-electron chi connectivity index (χ1n) is 6.03. The van der Waals surface area contributed by atoms with Crippen molar-refractivity contribution in [2.24, 2.45) is 0 Å². The Hall–Kier alpha value is -0.540. The molecule has 0 radical (unpaired) electrons. The van der Waals surface area contributed by atoms with Crippen LogP contribution in [0.1, 0.15) is 19.3 Å². The number of hydrogen-bond donors (Lipinski definition) is 1. The summed E-state index contributed by atoms with van der Waals surface area (Å²) in [6, 6.07) is 5.80. The molecule has 1 unspecified atom stereocenters. The van der Waals surface area contributed by atoms with Gasteiger partial charge in [-0.1, -0.05) is 11.6 Å². The Balaban J connectivity index is 2.11. The zero-order valence-corrected chi connectivity index (χ0v) is 11.7. The number of rotatable bonds is 2. The van der Waals surface area contributed by atoms with E-state index in [2.05, 4.69) is 11.2 Å². The molecule has 0 amide bonds. The summed E-state index contributed by atoms with van der Waals surface area (Å²) in [5.74, 6) is 0. The predicted octanol–water partition coefficient (Wildman–Crippen LogP) is 3.64. The second kappa shape index (κ2) is 5.87. The minimum absolute atomic E-state index is 0.711. The van der Waals surface area contributed by atoms with Gasteiger partial charge in [-0.3, -0.25) is 0 Å². The van der Waals surface area contributed by atoms with Crippen LogP contribution in [0.5, 0.6) is 0 Å². The summed E-state index contributed by atoms with van der Waals surface area (Å²) >= 11 is 7.92. The largest absolute Gasteiger partial charge is 0.397 e. The average Bonchev–Trinajstić information content (AvgIpc) is 2.54. The van der Waals surface area contributed by atoms with E-state index < -0.39 is 0 Å². The van der Waals surface area contributed by atoms with Crippen LogP contribution in [0.3, 0.4) is 0 Å². The second-order valence-corrected chi connectivity index (χ2v) is 6.05. The number of benzene rings is 1. The van der Waals surface area contributed by atoms with Gasteiger partial charge < -0.3 is 10.6 Å². The molecule has 2 N–H and O–H groups in total. The maximum Gasteiger partial charge on any atom is 0.0600 e. The molecule has 1 fully saturated rings. The van der Waals surface area contributed by atoms with Gasteiger partial charge in [0.2, 0.25) is 0 Å². The highest BCUT2D eigenvalue weighted by Gasteiger charge is 2.17. The lowest BCUT2D eigenvalue weighted by Gasteiger charge is -2.24. The van der Waals surface area contributed by atoms with Gasteiger partial charge in [-0.25, -0.2) is 0 Å². The van der Waals surface area contributed by atoms with Crippen LogP contribution < -0.4 is 10.6 Å². The van der Waals surface area contributed by atoms with Gasteiger partial charge >= 0.3 is 0 Å². The van der Waals surface area contributed by atoms with Gasteiger partial charge in [-0.05, 0) is 43.7 Å². The van der Waals surface area contributed by atoms with Crippen LogP contribution >= 0.6 is 23.4 Å². The van der Waals surface area contributed by atoms with Crippen molar-refractivity contribution in [3.8, 4) is 0 Å². The van der Waals surface area contributed by atoms with Crippen molar-refractivity contribution >= 4 is 34.7 Å². The first-order chi connectivity index (χ1) is 8.20. The molecule has 2 rings (SSSR count). The van der Waals surface area contributed by atoms with Gasteiger partial charge in [0.25, 0.3) is 0 Å². The number of halogens is 1. The molecule has 1 atom stereocenters. The molecule has 0 saturated carbocycles. The molecule has 0 aliphatic carbocycles. The zero-order valence-electron chi connectivity index (χ0n) is 10.2. The van der Waals surface area contributed by atoms with Gasteiger partial charge in [0.1, 0.15) is 0 Å². The van der Waals surface area contributed by atoms with Crippen molar-refractivity contribution in [1.29, 1.82) is 0 Å². The number of thioether (sulfide) groups is 1. The molecule has 94 valence electrons. The van der Waals surface area contributed by atoms with Crippen LogP contribution in [0.4, 0.5) is 11.4 Å². The highest BCUT2D eigenvalue weighted by molar-refractivity contribution is 7.99. The molecule has 0 aromatic heterocycles. The maximum absolute atomic E-state index is 6.04. The fourth-order valence-electron chi connectivity index (χ4n) is 2.36. The van der Waals surface area contributed by atoms with E-state index in [1.54, 1.807) is 0 Å². The average molecular weight is 271 g/mol. The summed E-state index contributed by atoms with van der Waals surface area (Å²) in [6.07, 6.45) is 6.00. The fraction of sp³-hybridized carbons (Fsp3) is 0.538. The molecule has 1 aromatic carbocycles. The Kier molecular flexibility index (Phi) is 4.46. The van der Waals surface area contributed by atoms with Crippen LogP contribution in [-0.2, 0) is 0 Å². The Morgan fingerprint density at radius 2 is 2.18 bits per heavy atom. The fourth-order valence-corrected chi connectivity index (χ4v) is 3.28. The first-order valence-corrected chi connectivity index (χ1v) is 7.70. The first kappa shape index (κ1) is 12.9. The summed E-state index contributed by atoms with van der Waals surface area (Å²) < 4.78 is 0. The molecule has 1 aromatic rings. The molecular weight excluding hydrogens is 252 g/mol. The highest BCUT2D eigenvalue weighted by Crippen LogP contribution is 2.30. The van der Waals surface area contributed by atoms with Crippen molar-refractivity contribution in [3.63, 3.8) is 0 Å².